The van der Waals surface area contributed by atoms with Crippen molar-refractivity contribution in [1.82, 2.24) is 4.90 Å². The molecule has 0 aromatic heterocycles. The second-order valence-corrected chi connectivity index (χ2v) is 4.84. The van der Waals surface area contributed by atoms with Gasteiger partial charge < -0.3 is 20.8 Å². The number of nitrogens with two attached hydrogens (primary N) is 1. The smallest absolute Gasteiger partial charge is 0.254 e. The molecule has 110 valence electrons. The summed E-state index contributed by atoms with van der Waals surface area (Å²) >= 11 is 0. The first-order chi connectivity index (χ1) is 10.0. The topological polar surface area (TPSA) is 86.8 Å². The van der Waals surface area contributed by atoms with Crippen molar-refractivity contribution in [3.63, 3.8) is 0 Å². The van der Waals surface area contributed by atoms with Gasteiger partial charge in [-0.25, -0.2) is 0 Å². The Hall–Kier alpha value is -2.53. The molecule has 0 saturated heterocycles. The molecule has 0 unspecified atom stereocenters. The number of nitrogens with zero attached hydrogens (tertiary/aromatic N) is 1. The minimum absolute atomic E-state index is 0.239. The molecule has 0 spiro atoms. The van der Waals surface area contributed by atoms with Gasteiger partial charge in [0.15, 0.2) is 11.5 Å². The predicted octanol–water partition coefficient (Wildman–Crippen LogP) is 1.83. The summed E-state index contributed by atoms with van der Waals surface area (Å²) in [6.45, 7) is 0.839. The van der Waals surface area contributed by atoms with Gasteiger partial charge in [-0.2, -0.15) is 0 Å². The van der Waals surface area contributed by atoms with Crippen LogP contribution in [0.4, 0.5) is 0 Å². The van der Waals surface area contributed by atoms with Gasteiger partial charge in [0.05, 0.1) is 0 Å². The monoisotopic (exact) mass is 286 g/mol. The molecule has 4 N–H and O–H groups in total. The number of carbonyl (C=O) groups is 1. The maximum atomic E-state index is 12.3. The normalized spacial score (nSPS) is 10.4. The fraction of sp³-hybridized carbons (Fsp3) is 0.188. The lowest BCUT2D eigenvalue weighted by molar-refractivity contribution is 0.0784. The van der Waals surface area contributed by atoms with E-state index in [-0.39, 0.29) is 17.4 Å². The van der Waals surface area contributed by atoms with E-state index in [1.165, 1.54) is 18.2 Å². The van der Waals surface area contributed by atoms with E-state index in [9.17, 15) is 15.0 Å². The molecule has 0 heterocycles. The lowest BCUT2D eigenvalue weighted by Gasteiger charge is -2.19. The Labute approximate surface area is 123 Å². The molecule has 0 aliphatic rings. The van der Waals surface area contributed by atoms with Crippen LogP contribution in [-0.2, 0) is 13.1 Å². The summed E-state index contributed by atoms with van der Waals surface area (Å²) in [4.78, 5) is 13.9. The van der Waals surface area contributed by atoms with Crippen molar-refractivity contribution in [3.8, 4) is 11.5 Å². The van der Waals surface area contributed by atoms with Gasteiger partial charge in [-0.3, -0.25) is 4.79 Å². The number of hydrogen-bond acceptors (Lipinski definition) is 4. The largest absolute Gasteiger partial charge is 0.504 e. The van der Waals surface area contributed by atoms with Gasteiger partial charge in [-0.05, 0) is 29.3 Å². The van der Waals surface area contributed by atoms with Gasteiger partial charge >= 0.3 is 0 Å². The van der Waals surface area contributed by atoms with E-state index in [1.54, 1.807) is 11.9 Å². The third-order valence-corrected chi connectivity index (χ3v) is 3.31. The van der Waals surface area contributed by atoms with Crippen molar-refractivity contribution in [2.45, 2.75) is 13.1 Å². The van der Waals surface area contributed by atoms with Crippen LogP contribution in [0.25, 0.3) is 0 Å². The molecule has 1 amide bonds. The lowest BCUT2D eigenvalue weighted by atomic mass is 10.1. The Morgan fingerprint density at radius 1 is 1.10 bits per heavy atom. The van der Waals surface area contributed by atoms with E-state index in [0.717, 1.165) is 11.1 Å². The summed E-state index contributed by atoms with van der Waals surface area (Å²) in [5.41, 5.74) is 7.98. The average molecular weight is 286 g/mol. The van der Waals surface area contributed by atoms with E-state index in [1.807, 2.05) is 24.3 Å². The Bertz CT molecular complexity index is 656. The number of carbonyl (C=O) groups excluding carboxylic acids is 1. The van der Waals surface area contributed by atoms with Crippen LogP contribution in [0.3, 0.4) is 0 Å². The third-order valence-electron chi connectivity index (χ3n) is 3.31. The van der Waals surface area contributed by atoms with Crippen LogP contribution in [0.15, 0.2) is 42.5 Å². The number of amides is 1. The molecule has 0 radical (unpaired) electrons. The molecule has 5 nitrogen and oxygen atoms in total. The molecule has 0 aliphatic heterocycles. The quantitative estimate of drug-likeness (QED) is 0.748. The molecule has 0 bridgehead atoms. The van der Waals surface area contributed by atoms with Crippen molar-refractivity contribution in [2.75, 3.05) is 7.05 Å². The number of hydrogen-bond donors (Lipinski definition) is 3. The molecular formula is C16H18N2O3. The van der Waals surface area contributed by atoms with Crippen LogP contribution in [0, 0.1) is 0 Å². The number of rotatable bonds is 4. The number of benzene rings is 2. The van der Waals surface area contributed by atoms with Gasteiger partial charge in [-0.1, -0.05) is 24.3 Å². The highest BCUT2D eigenvalue weighted by atomic mass is 16.3. The summed E-state index contributed by atoms with van der Waals surface area (Å²) < 4.78 is 0. The zero-order valence-corrected chi connectivity index (χ0v) is 11.8. The Morgan fingerprint density at radius 2 is 1.76 bits per heavy atom. The number of phenolic OH excluding ortho intramolecular Hbond substituents is 2. The maximum Gasteiger partial charge on any atom is 0.254 e. The highest BCUT2D eigenvalue weighted by Crippen LogP contribution is 2.25. The van der Waals surface area contributed by atoms with Gasteiger partial charge in [0, 0.05) is 25.7 Å². The molecular weight excluding hydrogens is 268 g/mol. The summed E-state index contributed by atoms with van der Waals surface area (Å²) in [6, 6.07) is 11.7. The van der Waals surface area contributed by atoms with Crippen LogP contribution in [-0.4, -0.2) is 28.1 Å². The highest BCUT2D eigenvalue weighted by molar-refractivity contribution is 5.94. The fourth-order valence-corrected chi connectivity index (χ4v) is 2.12. The van der Waals surface area contributed by atoms with E-state index in [2.05, 4.69) is 0 Å². The minimum atomic E-state index is -0.309. The molecule has 2 aromatic rings. The van der Waals surface area contributed by atoms with Crippen molar-refractivity contribution in [3.05, 3.63) is 59.2 Å². The number of aromatic hydroxyl groups is 2. The van der Waals surface area contributed by atoms with Gasteiger partial charge in [0.25, 0.3) is 5.91 Å². The highest BCUT2D eigenvalue weighted by Gasteiger charge is 2.14. The van der Waals surface area contributed by atoms with Crippen LogP contribution in [0.2, 0.25) is 0 Å². The molecule has 0 atom stereocenters. The second kappa shape index (κ2) is 6.28. The van der Waals surface area contributed by atoms with Gasteiger partial charge in [-0.15, -0.1) is 0 Å². The zero-order chi connectivity index (χ0) is 15.4. The van der Waals surface area contributed by atoms with Crippen LogP contribution >= 0.6 is 0 Å². The average Bonchev–Trinajstić information content (AvgIpc) is 2.49. The predicted molar refractivity (Wildman–Crippen MR) is 79.9 cm³/mol. The summed E-state index contributed by atoms with van der Waals surface area (Å²) in [7, 11) is 1.68. The Kier molecular flexibility index (Phi) is 4.45. The lowest BCUT2D eigenvalue weighted by Crippen LogP contribution is -2.26. The summed E-state index contributed by atoms with van der Waals surface area (Å²) in [5, 5.41) is 18.7. The molecule has 0 saturated carbocycles. The van der Waals surface area contributed by atoms with E-state index in [0.29, 0.717) is 18.7 Å². The van der Waals surface area contributed by atoms with Crippen LogP contribution in [0.5, 0.6) is 11.5 Å². The van der Waals surface area contributed by atoms with Crippen molar-refractivity contribution in [1.29, 1.82) is 0 Å². The standard InChI is InChI=1S/C16H18N2O3/c1-18(10-13-5-3-2-4-12(13)9-17)16(21)11-6-7-14(19)15(20)8-11/h2-8,19-20H,9-10,17H2,1H3. The van der Waals surface area contributed by atoms with E-state index < -0.39 is 0 Å². The molecule has 0 aliphatic carbocycles. The molecule has 5 heteroatoms. The summed E-state index contributed by atoms with van der Waals surface area (Å²) in [5.74, 6) is -0.795. The van der Waals surface area contributed by atoms with E-state index >= 15 is 0 Å². The molecule has 0 fully saturated rings. The SMILES string of the molecule is CN(Cc1ccccc1CN)C(=O)c1ccc(O)c(O)c1. The molecule has 21 heavy (non-hydrogen) atoms. The van der Waals surface area contributed by atoms with Crippen LogP contribution in [0.1, 0.15) is 21.5 Å². The molecule has 2 aromatic carbocycles. The molecule has 2 rings (SSSR count). The van der Waals surface area contributed by atoms with Gasteiger partial charge in [0.2, 0.25) is 0 Å². The second-order valence-electron chi connectivity index (χ2n) is 4.84. The maximum absolute atomic E-state index is 12.3. The first-order valence-electron chi connectivity index (χ1n) is 6.57. The van der Waals surface area contributed by atoms with Gasteiger partial charge in [0.1, 0.15) is 0 Å². The Balaban J connectivity index is 2.17. The summed E-state index contributed by atoms with van der Waals surface area (Å²) in [6.07, 6.45) is 0. The van der Waals surface area contributed by atoms with Crippen molar-refractivity contribution < 1.29 is 15.0 Å². The van der Waals surface area contributed by atoms with E-state index in [4.69, 9.17) is 5.73 Å². The zero-order valence-electron chi connectivity index (χ0n) is 11.8. The van der Waals surface area contributed by atoms with Crippen LogP contribution < -0.4 is 5.73 Å². The Morgan fingerprint density at radius 3 is 2.38 bits per heavy atom. The minimum Gasteiger partial charge on any atom is -0.504 e. The third kappa shape index (κ3) is 3.32. The first-order valence-corrected chi connectivity index (χ1v) is 6.57. The van der Waals surface area contributed by atoms with Crippen molar-refractivity contribution in [2.24, 2.45) is 5.73 Å². The fourth-order valence-electron chi connectivity index (χ4n) is 2.12. The van der Waals surface area contributed by atoms with Crippen molar-refractivity contribution >= 4 is 5.91 Å². The first kappa shape index (κ1) is 14.9. The number of phenols is 2.